The molecule has 1 saturated heterocycles. The van der Waals surface area contributed by atoms with Gasteiger partial charge in [0.2, 0.25) is 5.91 Å². The number of anilines is 1. The van der Waals surface area contributed by atoms with Crippen LogP contribution in [0.2, 0.25) is 0 Å². The van der Waals surface area contributed by atoms with Gasteiger partial charge < -0.3 is 15.0 Å². The van der Waals surface area contributed by atoms with E-state index in [9.17, 15) is 9.59 Å². The second kappa shape index (κ2) is 6.80. The van der Waals surface area contributed by atoms with Crippen molar-refractivity contribution in [2.45, 2.75) is 19.1 Å². The highest BCUT2D eigenvalue weighted by Crippen LogP contribution is 2.29. The molecule has 0 bridgehead atoms. The number of rotatable bonds is 3. The Morgan fingerprint density at radius 3 is 2.67 bits per heavy atom. The van der Waals surface area contributed by atoms with Crippen molar-refractivity contribution >= 4 is 17.6 Å². The summed E-state index contributed by atoms with van der Waals surface area (Å²) in [6, 6.07) is 14.3. The standard InChI is InChI=1S/C18H19N3O3/c1-12-7-6-10-14(19-12)20-18(23)17-16(13-8-4-3-5-9-13)21(2)15(22)11-24-17/h3-10,16-17H,11H2,1-2H3,(H,19,20,23). The molecule has 1 aliphatic rings. The van der Waals surface area contributed by atoms with Crippen LogP contribution in [0.4, 0.5) is 5.82 Å². The number of ether oxygens (including phenoxy) is 1. The Labute approximate surface area is 140 Å². The third kappa shape index (κ3) is 3.28. The van der Waals surface area contributed by atoms with E-state index in [0.29, 0.717) is 5.82 Å². The highest BCUT2D eigenvalue weighted by atomic mass is 16.5. The van der Waals surface area contributed by atoms with Gasteiger partial charge in [-0.2, -0.15) is 0 Å². The fourth-order valence-electron chi connectivity index (χ4n) is 2.79. The molecule has 1 fully saturated rings. The summed E-state index contributed by atoms with van der Waals surface area (Å²) in [7, 11) is 1.69. The van der Waals surface area contributed by atoms with Crippen molar-refractivity contribution in [3.05, 3.63) is 59.8 Å². The van der Waals surface area contributed by atoms with Gasteiger partial charge in [0.15, 0.2) is 6.10 Å². The van der Waals surface area contributed by atoms with E-state index in [1.54, 1.807) is 18.0 Å². The fourth-order valence-corrected chi connectivity index (χ4v) is 2.79. The SMILES string of the molecule is Cc1cccc(NC(=O)C2OCC(=O)N(C)C2c2ccccc2)n1. The minimum Gasteiger partial charge on any atom is -0.356 e. The lowest BCUT2D eigenvalue weighted by molar-refractivity contribution is -0.160. The van der Waals surface area contributed by atoms with Gasteiger partial charge in [-0.1, -0.05) is 36.4 Å². The van der Waals surface area contributed by atoms with Crippen molar-refractivity contribution < 1.29 is 14.3 Å². The van der Waals surface area contributed by atoms with Crippen molar-refractivity contribution in [1.29, 1.82) is 0 Å². The molecule has 6 heteroatoms. The third-order valence-corrected chi connectivity index (χ3v) is 4.02. The van der Waals surface area contributed by atoms with E-state index in [0.717, 1.165) is 11.3 Å². The Kier molecular flexibility index (Phi) is 4.57. The predicted octanol–water partition coefficient (Wildman–Crippen LogP) is 1.93. The third-order valence-electron chi connectivity index (χ3n) is 4.02. The van der Waals surface area contributed by atoms with Gasteiger partial charge in [0.1, 0.15) is 12.4 Å². The van der Waals surface area contributed by atoms with Crippen molar-refractivity contribution in [2.75, 3.05) is 19.0 Å². The Bertz CT molecular complexity index is 748. The average molecular weight is 325 g/mol. The van der Waals surface area contributed by atoms with E-state index in [1.807, 2.05) is 49.4 Å². The van der Waals surface area contributed by atoms with Crippen LogP contribution in [0.15, 0.2) is 48.5 Å². The lowest BCUT2D eigenvalue weighted by atomic mass is 9.97. The molecule has 2 unspecified atom stereocenters. The van der Waals surface area contributed by atoms with Gasteiger partial charge in [-0.3, -0.25) is 9.59 Å². The van der Waals surface area contributed by atoms with Crippen LogP contribution in [0.3, 0.4) is 0 Å². The quantitative estimate of drug-likeness (QED) is 0.936. The molecular weight excluding hydrogens is 306 g/mol. The average Bonchev–Trinajstić information content (AvgIpc) is 2.58. The van der Waals surface area contributed by atoms with Crippen LogP contribution in [0, 0.1) is 6.92 Å². The van der Waals surface area contributed by atoms with Gasteiger partial charge in [-0.15, -0.1) is 0 Å². The van der Waals surface area contributed by atoms with Crippen LogP contribution in [0.25, 0.3) is 0 Å². The van der Waals surface area contributed by atoms with E-state index < -0.39 is 12.1 Å². The number of benzene rings is 1. The summed E-state index contributed by atoms with van der Waals surface area (Å²) in [4.78, 5) is 30.5. The van der Waals surface area contributed by atoms with E-state index >= 15 is 0 Å². The molecule has 0 aliphatic carbocycles. The monoisotopic (exact) mass is 325 g/mol. The summed E-state index contributed by atoms with van der Waals surface area (Å²) in [5, 5.41) is 2.77. The number of hydrogen-bond acceptors (Lipinski definition) is 4. The Morgan fingerprint density at radius 2 is 1.96 bits per heavy atom. The number of amides is 2. The largest absolute Gasteiger partial charge is 0.356 e. The molecule has 2 amide bonds. The van der Waals surface area contributed by atoms with Gasteiger partial charge in [-0.25, -0.2) is 4.98 Å². The first-order chi connectivity index (χ1) is 11.6. The molecule has 1 aromatic carbocycles. The molecule has 124 valence electrons. The fraction of sp³-hybridized carbons (Fsp3) is 0.278. The molecule has 1 aliphatic heterocycles. The number of nitrogens with one attached hydrogen (secondary N) is 1. The van der Waals surface area contributed by atoms with Crippen molar-refractivity contribution in [1.82, 2.24) is 9.88 Å². The molecule has 2 aromatic rings. The molecule has 3 rings (SSSR count). The number of hydrogen-bond donors (Lipinski definition) is 1. The normalized spacial score (nSPS) is 20.8. The number of carbonyl (C=O) groups excluding carboxylic acids is 2. The van der Waals surface area contributed by atoms with Crippen LogP contribution in [-0.2, 0) is 14.3 Å². The summed E-state index contributed by atoms with van der Waals surface area (Å²) < 4.78 is 5.56. The molecule has 24 heavy (non-hydrogen) atoms. The van der Waals surface area contributed by atoms with Gasteiger partial charge in [0.25, 0.3) is 5.91 Å². The smallest absolute Gasteiger partial charge is 0.257 e. The summed E-state index contributed by atoms with van der Waals surface area (Å²) >= 11 is 0. The highest BCUT2D eigenvalue weighted by Gasteiger charge is 2.40. The number of pyridine rings is 1. The lowest BCUT2D eigenvalue weighted by Crippen LogP contribution is -2.51. The number of carbonyl (C=O) groups is 2. The molecule has 0 spiro atoms. The van der Waals surface area contributed by atoms with E-state index in [1.165, 1.54) is 0 Å². The van der Waals surface area contributed by atoms with Crippen molar-refractivity contribution in [3.63, 3.8) is 0 Å². The number of aryl methyl sites for hydroxylation is 1. The second-order valence-corrected chi connectivity index (χ2v) is 5.75. The van der Waals surface area contributed by atoms with Crippen LogP contribution in [0.5, 0.6) is 0 Å². The number of likely N-dealkylation sites (N-methyl/N-ethyl adjacent to an activating group) is 1. The molecule has 1 aromatic heterocycles. The van der Waals surface area contributed by atoms with Gasteiger partial charge >= 0.3 is 0 Å². The van der Waals surface area contributed by atoms with E-state index in [-0.39, 0.29) is 18.4 Å². The minimum atomic E-state index is -0.794. The molecular formula is C18H19N3O3. The minimum absolute atomic E-state index is 0.112. The zero-order valence-electron chi connectivity index (χ0n) is 13.6. The van der Waals surface area contributed by atoms with Crippen LogP contribution in [-0.4, -0.2) is 41.5 Å². The van der Waals surface area contributed by atoms with Gasteiger partial charge in [-0.05, 0) is 24.6 Å². The van der Waals surface area contributed by atoms with E-state index in [4.69, 9.17) is 4.74 Å². The maximum Gasteiger partial charge on any atom is 0.257 e. The predicted molar refractivity (Wildman–Crippen MR) is 89.3 cm³/mol. The molecule has 0 radical (unpaired) electrons. The number of morpholine rings is 1. The summed E-state index contributed by atoms with van der Waals surface area (Å²) in [5.74, 6) is -0.00199. The zero-order valence-corrected chi connectivity index (χ0v) is 13.6. The Balaban J connectivity index is 1.86. The van der Waals surface area contributed by atoms with Crippen LogP contribution >= 0.6 is 0 Å². The second-order valence-electron chi connectivity index (χ2n) is 5.75. The van der Waals surface area contributed by atoms with Crippen LogP contribution in [0.1, 0.15) is 17.3 Å². The van der Waals surface area contributed by atoms with Crippen molar-refractivity contribution in [3.8, 4) is 0 Å². The lowest BCUT2D eigenvalue weighted by Gasteiger charge is -2.38. The molecule has 2 atom stereocenters. The molecule has 2 heterocycles. The first kappa shape index (κ1) is 16.1. The maximum atomic E-state index is 12.7. The van der Waals surface area contributed by atoms with Crippen molar-refractivity contribution in [2.24, 2.45) is 0 Å². The first-order valence-electron chi connectivity index (χ1n) is 7.73. The Hall–Kier alpha value is -2.73. The van der Waals surface area contributed by atoms with Crippen LogP contribution < -0.4 is 5.32 Å². The molecule has 0 saturated carbocycles. The Morgan fingerprint density at radius 1 is 1.21 bits per heavy atom. The van der Waals surface area contributed by atoms with E-state index in [2.05, 4.69) is 10.3 Å². The molecule has 6 nitrogen and oxygen atoms in total. The highest BCUT2D eigenvalue weighted by molar-refractivity contribution is 5.95. The van der Waals surface area contributed by atoms with Gasteiger partial charge in [0.05, 0.1) is 6.04 Å². The maximum absolute atomic E-state index is 12.7. The number of aromatic nitrogens is 1. The first-order valence-corrected chi connectivity index (χ1v) is 7.73. The topological polar surface area (TPSA) is 71.5 Å². The molecule has 1 N–H and O–H groups in total. The number of nitrogens with zero attached hydrogens (tertiary/aromatic N) is 2. The summed E-state index contributed by atoms with van der Waals surface area (Å²) in [6.07, 6.45) is -0.794. The summed E-state index contributed by atoms with van der Waals surface area (Å²) in [5.41, 5.74) is 1.66. The summed E-state index contributed by atoms with van der Waals surface area (Å²) in [6.45, 7) is 1.74. The van der Waals surface area contributed by atoms with Gasteiger partial charge in [0, 0.05) is 12.7 Å². The zero-order chi connectivity index (χ0) is 17.1.